The van der Waals surface area contributed by atoms with E-state index in [0.29, 0.717) is 6.54 Å². The molecule has 1 aliphatic rings. The molecule has 0 amide bonds. The van der Waals surface area contributed by atoms with E-state index >= 15 is 0 Å². The van der Waals surface area contributed by atoms with Crippen molar-refractivity contribution in [1.29, 1.82) is 0 Å². The lowest BCUT2D eigenvalue weighted by Gasteiger charge is -2.36. The van der Waals surface area contributed by atoms with Crippen LogP contribution in [0.15, 0.2) is 29.3 Å². The number of ether oxygens (including phenoxy) is 2. The van der Waals surface area contributed by atoms with Gasteiger partial charge in [0.05, 0.1) is 11.6 Å². The van der Waals surface area contributed by atoms with Gasteiger partial charge in [-0.3, -0.25) is 4.99 Å². The number of benzene rings is 1. The lowest BCUT2D eigenvalue weighted by atomic mass is 9.94. The summed E-state index contributed by atoms with van der Waals surface area (Å²) in [4.78, 5) is 4.30. The van der Waals surface area contributed by atoms with Gasteiger partial charge in [-0.25, -0.2) is 0 Å². The zero-order valence-corrected chi connectivity index (χ0v) is 14.8. The molecule has 128 valence electrons. The van der Waals surface area contributed by atoms with Crippen molar-refractivity contribution in [2.45, 2.75) is 31.4 Å². The maximum Gasteiger partial charge on any atom is 0.191 e. The van der Waals surface area contributed by atoms with Crippen molar-refractivity contribution in [1.82, 2.24) is 10.6 Å². The number of halogens is 1. The van der Waals surface area contributed by atoms with Crippen molar-refractivity contribution in [3.05, 3.63) is 34.9 Å². The number of guanidine groups is 1. The molecular formula is C17H26ClN3O2. The van der Waals surface area contributed by atoms with E-state index in [2.05, 4.69) is 22.5 Å². The first kappa shape index (κ1) is 18.0. The summed E-state index contributed by atoms with van der Waals surface area (Å²) < 4.78 is 11.2. The van der Waals surface area contributed by atoms with Gasteiger partial charge >= 0.3 is 0 Å². The van der Waals surface area contributed by atoms with Gasteiger partial charge in [0.15, 0.2) is 5.96 Å². The summed E-state index contributed by atoms with van der Waals surface area (Å²) in [5.41, 5.74) is 0.855. The first-order valence-corrected chi connectivity index (χ1v) is 8.32. The van der Waals surface area contributed by atoms with Crippen LogP contribution in [0.5, 0.6) is 0 Å². The van der Waals surface area contributed by atoms with Crippen molar-refractivity contribution < 1.29 is 9.47 Å². The fourth-order valence-electron chi connectivity index (χ4n) is 2.75. The van der Waals surface area contributed by atoms with Gasteiger partial charge in [-0.1, -0.05) is 29.8 Å². The smallest absolute Gasteiger partial charge is 0.191 e. The minimum Gasteiger partial charge on any atom is -0.381 e. The summed E-state index contributed by atoms with van der Waals surface area (Å²) in [6, 6.07) is 7.88. The molecule has 5 nitrogen and oxygen atoms in total. The van der Waals surface area contributed by atoms with Crippen LogP contribution in [0, 0.1) is 0 Å². The summed E-state index contributed by atoms with van der Waals surface area (Å²) >= 11 is 6.25. The molecular weight excluding hydrogens is 314 g/mol. The summed E-state index contributed by atoms with van der Waals surface area (Å²) in [5, 5.41) is 7.49. The van der Waals surface area contributed by atoms with Crippen LogP contribution >= 0.6 is 11.6 Å². The van der Waals surface area contributed by atoms with Crippen molar-refractivity contribution in [2.75, 3.05) is 33.9 Å². The molecule has 1 unspecified atom stereocenters. The molecule has 23 heavy (non-hydrogen) atoms. The van der Waals surface area contributed by atoms with Crippen LogP contribution in [-0.4, -0.2) is 45.5 Å². The van der Waals surface area contributed by atoms with Crippen LogP contribution in [-0.2, 0) is 9.47 Å². The van der Waals surface area contributed by atoms with Gasteiger partial charge in [-0.05, 0) is 18.6 Å². The minimum absolute atomic E-state index is 0.0584. The summed E-state index contributed by atoms with van der Waals surface area (Å²) in [6.45, 7) is 4.23. The highest BCUT2D eigenvalue weighted by molar-refractivity contribution is 6.31. The minimum atomic E-state index is -0.191. The maximum absolute atomic E-state index is 6.25. The van der Waals surface area contributed by atoms with E-state index < -0.39 is 0 Å². The SMILES string of the molecule is CN=C(NCC1(OC)CCOCC1)NC(C)c1ccccc1Cl. The maximum atomic E-state index is 6.25. The van der Waals surface area contributed by atoms with E-state index in [0.717, 1.165) is 42.6 Å². The molecule has 1 saturated heterocycles. The van der Waals surface area contributed by atoms with Crippen LogP contribution in [0.4, 0.5) is 0 Å². The highest BCUT2D eigenvalue weighted by Gasteiger charge is 2.32. The summed E-state index contributed by atoms with van der Waals surface area (Å²) in [6.07, 6.45) is 1.77. The molecule has 0 bridgehead atoms. The Morgan fingerprint density at radius 2 is 2.09 bits per heavy atom. The summed E-state index contributed by atoms with van der Waals surface area (Å²) in [5.74, 6) is 0.736. The van der Waals surface area contributed by atoms with Crippen LogP contribution in [0.25, 0.3) is 0 Å². The van der Waals surface area contributed by atoms with Gasteiger partial charge in [-0.2, -0.15) is 0 Å². The molecule has 1 aromatic rings. The average Bonchev–Trinajstić information content (AvgIpc) is 2.59. The second-order valence-corrected chi connectivity index (χ2v) is 6.22. The fraction of sp³-hybridized carbons (Fsp3) is 0.588. The van der Waals surface area contributed by atoms with Crippen LogP contribution in [0.3, 0.4) is 0 Å². The first-order valence-electron chi connectivity index (χ1n) is 7.95. The molecule has 0 aliphatic carbocycles. The van der Waals surface area contributed by atoms with Crippen LogP contribution < -0.4 is 10.6 Å². The molecule has 1 aliphatic heterocycles. The standard InChI is InChI=1S/C17H26ClN3O2/c1-13(14-6-4-5-7-15(14)18)21-16(19-2)20-12-17(22-3)8-10-23-11-9-17/h4-7,13H,8-12H2,1-3H3,(H2,19,20,21). The van der Waals surface area contributed by atoms with E-state index in [-0.39, 0.29) is 11.6 Å². The number of nitrogens with zero attached hydrogens (tertiary/aromatic N) is 1. The Labute approximate surface area is 143 Å². The summed E-state index contributed by atoms with van der Waals surface area (Å²) in [7, 11) is 3.52. The van der Waals surface area contributed by atoms with E-state index in [1.165, 1.54) is 0 Å². The van der Waals surface area contributed by atoms with Gasteiger partial charge < -0.3 is 20.1 Å². The number of aliphatic imine (C=N–C) groups is 1. The molecule has 2 rings (SSSR count). The Morgan fingerprint density at radius 3 is 2.70 bits per heavy atom. The molecule has 1 atom stereocenters. The molecule has 1 aromatic carbocycles. The predicted molar refractivity (Wildman–Crippen MR) is 94.2 cm³/mol. The molecule has 2 N–H and O–H groups in total. The third kappa shape index (κ3) is 4.83. The normalized spacial score (nSPS) is 19.2. The number of rotatable bonds is 5. The predicted octanol–water partition coefficient (Wildman–Crippen LogP) is 2.76. The Kier molecular flexibility index (Phi) is 6.69. The molecule has 6 heteroatoms. The number of nitrogens with one attached hydrogen (secondary N) is 2. The van der Waals surface area contributed by atoms with E-state index in [9.17, 15) is 0 Å². The third-order valence-corrected chi connectivity index (χ3v) is 4.71. The average molecular weight is 340 g/mol. The Bertz CT molecular complexity index is 530. The Hall–Kier alpha value is -1.30. The monoisotopic (exact) mass is 339 g/mol. The molecule has 0 saturated carbocycles. The van der Waals surface area contributed by atoms with Crippen LogP contribution in [0.1, 0.15) is 31.4 Å². The highest BCUT2D eigenvalue weighted by atomic mass is 35.5. The fourth-order valence-corrected chi connectivity index (χ4v) is 3.04. The van der Waals surface area contributed by atoms with Crippen molar-refractivity contribution in [2.24, 2.45) is 4.99 Å². The second kappa shape index (κ2) is 8.52. The third-order valence-electron chi connectivity index (χ3n) is 4.36. The van der Waals surface area contributed by atoms with Gasteiger partial charge in [0.25, 0.3) is 0 Å². The molecule has 0 spiro atoms. The molecule has 1 heterocycles. The highest BCUT2D eigenvalue weighted by Crippen LogP contribution is 2.24. The number of methoxy groups -OCH3 is 1. The van der Waals surface area contributed by atoms with Crippen LogP contribution in [0.2, 0.25) is 5.02 Å². The van der Waals surface area contributed by atoms with E-state index in [1.54, 1.807) is 14.2 Å². The van der Waals surface area contributed by atoms with Crippen molar-refractivity contribution >= 4 is 17.6 Å². The van der Waals surface area contributed by atoms with Crippen molar-refractivity contribution in [3.63, 3.8) is 0 Å². The number of hydrogen-bond donors (Lipinski definition) is 2. The largest absolute Gasteiger partial charge is 0.381 e. The topological polar surface area (TPSA) is 54.9 Å². The van der Waals surface area contributed by atoms with Gasteiger partial charge in [0.2, 0.25) is 0 Å². The van der Waals surface area contributed by atoms with Gasteiger partial charge in [-0.15, -0.1) is 0 Å². The van der Waals surface area contributed by atoms with Gasteiger partial charge in [0, 0.05) is 51.8 Å². The van der Waals surface area contributed by atoms with E-state index in [1.807, 2.05) is 24.3 Å². The molecule has 1 fully saturated rings. The molecule has 0 aromatic heterocycles. The first-order chi connectivity index (χ1) is 11.1. The number of hydrogen-bond acceptors (Lipinski definition) is 3. The Balaban J connectivity index is 1.94. The lowest BCUT2D eigenvalue weighted by molar-refractivity contribution is -0.0855. The lowest BCUT2D eigenvalue weighted by Crippen LogP contribution is -2.51. The van der Waals surface area contributed by atoms with Crippen molar-refractivity contribution in [3.8, 4) is 0 Å². The second-order valence-electron chi connectivity index (χ2n) is 5.81. The Morgan fingerprint density at radius 1 is 1.39 bits per heavy atom. The van der Waals surface area contributed by atoms with Gasteiger partial charge in [0.1, 0.15) is 0 Å². The zero-order chi connectivity index (χ0) is 16.7. The quantitative estimate of drug-likeness (QED) is 0.640. The zero-order valence-electron chi connectivity index (χ0n) is 14.1. The van der Waals surface area contributed by atoms with E-state index in [4.69, 9.17) is 21.1 Å². The molecule has 0 radical (unpaired) electrons.